The Hall–Kier alpha value is -0.120. The van der Waals surface area contributed by atoms with Gasteiger partial charge in [-0.05, 0) is 51.1 Å². The molecule has 3 nitrogen and oxygen atoms in total. The van der Waals surface area contributed by atoms with E-state index in [1.54, 1.807) is 0 Å². The van der Waals surface area contributed by atoms with Crippen LogP contribution in [0.4, 0.5) is 0 Å². The molecule has 0 saturated carbocycles. The van der Waals surface area contributed by atoms with Gasteiger partial charge in [-0.15, -0.1) is 0 Å². The predicted molar refractivity (Wildman–Crippen MR) is 89.6 cm³/mol. The minimum absolute atomic E-state index is 0.708. The summed E-state index contributed by atoms with van der Waals surface area (Å²) in [5.74, 6) is 0.803. The van der Waals surface area contributed by atoms with Gasteiger partial charge in [0.1, 0.15) is 0 Å². The maximum absolute atomic E-state index is 3.83. The molecule has 3 aliphatic rings. The van der Waals surface area contributed by atoms with Gasteiger partial charge < -0.3 is 10.2 Å². The molecule has 3 fully saturated rings. The van der Waals surface area contributed by atoms with E-state index in [-0.39, 0.29) is 0 Å². The fraction of sp³-hybridized carbons (Fsp3) is 1.00. The summed E-state index contributed by atoms with van der Waals surface area (Å²) in [6.07, 6.45) is 8.32. The third-order valence-corrected chi connectivity index (χ3v) is 6.56. The van der Waals surface area contributed by atoms with Gasteiger partial charge in [0.15, 0.2) is 0 Å². The van der Waals surface area contributed by atoms with Crippen LogP contribution in [0.3, 0.4) is 0 Å². The lowest BCUT2D eigenvalue weighted by Crippen LogP contribution is -2.62. The quantitative estimate of drug-likeness (QED) is 0.860. The van der Waals surface area contributed by atoms with Crippen LogP contribution < -0.4 is 5.32 Å². The monoisotopic (exact) mass is 293 g/mol. The zero-order valence-electron chi connectivity index (χ0n) is 14.4. The largest absolute Gasteiger partial charge is 0.311 e. The Morgan fingerprint density at radius 2 is 2.00 bits per heavy atom. The lowest BCUT2D eigenvalue weighted by atomic mass is 9.90. The van der Waals surface area contributed by atoms with E-state index in [4.69, 9.17) is 0 Å². The number of piperidine rings is 1. The second-order valence-electron chi connectivity index (χ2n) is 7.67. The first-order valence-corrected chi connectivity index (χ1v) is 9.46. The Morgan fingerprint density at radius 1 is 1.14 bits per heavy atom. The van der Waals surface area contributed by atoms with Gasteiger partial charge in [0.05, 0.1) is 0 Å². The van der Waals surface area contributed by atoms with Crippen molar-refractivity contribution in [2.75, 3.05) is 26.2 Å². The lowest BCUT2D eigenvalue weighted by molar-refractivity contribution is 0.0210. The number of nitrogens with zero attached hydrogens (tertiary/aromatic N) is 2. The number of hydrogen-bond acceptors (Lipinski definition) is 3. The van der Waals surface area contributed by atoms with Crippen LogP contribution in [0.5, 0.6) is 0 Å². The van der Waals surface area contributed by atoms with Crippen molar-refractivity contribution in [1.29, 1.82) is 0 Å². The van der Waals surface area contributed by atoms with Crippen LogP contribution in [0.15, 0.2) is 0 Å². The first kappa shape index (κ1) is 15.8. The highest BCUT2D eigenvalue weighted by Gasteiger charge is 2.38. The average Bonchev–Trinajstić information content (AvgIpc) is 3.01. The Balaban J connectivity index is 1.65. The van der Waals surface area contributed by atoms with Crippen LogP contribution in [0.25, 0.3) is 0 Å². The molecule has 3 rings (SSSR count). The van der Waals surface area contributed by atoms with Gasteiger partial charge >= 0.3 is 0 Å². The topological polar surface area (TPSA) is 18.5 Å². The maximum atomic E-state index is 3.83. The van der Waals surface area contributed by atoms with Crippen molar-refractivity contribution in [2.24, 2.45) is 5.92 Å². The van der Waals surface area contributed by atoms with Crippen molar-refractivity contribution in [2.45, 2.75) is 83.5 Å². The molecule has 3 heterocycles. The van der Waals surface area contributed by atoms with Gasteiger partial charge in [0.2, 0.25) is 0 Å². The second-order valence-corrected chi connectivity index (χ2v) is 7.67. The molecule has 21 heavy (non-hydrogen) atoms. The molecule has 0 spiro atoms. The zero-order valence-corrected chi connectivity index (χ0v) is 14.4. The molecular formula is C18H35N3. The molecule has 1 N–H and O–H groups in total. The summed E-state index contributed by atoms with van der Waals surface area (Å²) in [6.45, 7) is 12.3. The van der Waals surface area contributed by atoms with E-state index < -0.39 is 0 Å². The Bertz CT molecular complexity index is 332. The second kappa shape index (κ2) is 6.97. The first-order valence-electron chi connectivity index (χ1n) is 9.46. The van der Waals surface area contributed by atoms with Crippen molar-refractivity contribution in [3.8, 4) is 0 Å². The SMILES string of the molecule is CCC(C)C1CN(C2CCN3CCCC3C2)C(CC)CN1. The molecule has 0 radical (unpaired) electrons. The van der Waals surface area contributed by atoms with Gasteiger partial charge in [-0.2, -0.15) is 0 Å². The zero-order chi connectivity index (χ0) is 14.8. The number of nitrogens with one attached hydrogen (secondary N) is 1. The van der Waals surface area contributed by atoms with Crippen LogP contribution in [-0.2, 0) is 0 Å². The minimum Gasteiger partial charge on any atom is -0.311 e. The van der Waals surface area contributed by atoms with Crippen molar-refractivity contribution >= 4 is 0 Å². The summed E-state index contributed by atoms with van der Waals surface area (Å²) in [6, 6.07) is 3.23. The smallest absolute Gasteiger partial charge is 0.0221 e. The summed E-state index contributed by atoms with van der Waals surface area (Å²) in [7, 11) is 0. The number of hydrogen-bond donors (Lipinski definition) is 1. The van der Waals surface area contributed by atoms with Crippen molar-refractivity contribution < 1.29 is 0 Å². The fourth-order valence-electron chi connectivity index (χ4n) is 4.84. The van der Waals surface area contributed by atoms with Crippen LogP contribution in [0, 0.1) is 5.92 Å². The summed E-state index contributed by atoms with van der Waals surface area (Å²) in [5.41, 5.74) is 0. The Labute approximate surface area is 131 Å². The highest BCUT2D eigenvalue weighted by Crippen LogP contribution is 2.32. The van der Waals surface area contributed by atoms with Gasteiger partial charge in [0, 0.05) is 37.3 Å². The predicted octanol–water partition coefficient (Wildman–Crippen LogP) is 2.71. The summed E-state index contributed by atoms with van der Waals surface area (Å²) in [4.78, 5) is 5.66. The fourth-order valence-corrected chi connectivity index (χ4v) is 4.84. The summed E-state index contributed by atoms with van der Waals surface area (Å²) in [5, 5.41) is 3.83. The average molecular weight is 293 g/mol. The number of piperazine rings is 1. The first-order chi connectivity index (χ1) is 10.2. The van der Waals surface area contributed by atoms with Gasteiger partial charge in [0.25, 0.3) is 0 Å². The molecule has 0 aromatic carbocycles. The van der Waals surface area contributed by atoms with Crippen molar-refractivity contribution in [3.05, 3.63) is 0 Å². The normalized spacial score (nSPS) is 40.1. The molecule has 3 heteroatoms. The van der Waals surface area contributed by atoms with Gasteiger partial charge in [-0.3, -0.25) is 4.90 Å². The molecule has 122 valence electrons. The number of fused-ring (bicyclic) bond motifs is 1. The van der Waals surface area contributed by atoms with E-state index >= 15 is 0 Å². The Kier molecular flexibility index (Phi) is 5.23. The third-order valence-electron chi connectivity index (χ3n) is 6.56. The van der Waals surface area contributed by atoms with Crippen molar-refractivity contribution in [1.82, 2.24) is 15.1 Å². The Morgan fingerprint density at radius 3 is 2.76 bits per heavy atom. The van der Waals surface area contributed by atoms with Crippen LogP contribution in [0.2, 0.25) is 0 Å². The molecule has 0 bridgehead atoms. The van der Waals surface area contributed by atoms with E-state index in [9.17, 15) is 0 Å². The van der Waals surface area contributed by atoms with Gasteiger partial charge in [-0.25, -0.2) is 0 Å². The van der Waals surface area contributed by atoms with Crippen LogP contribution in [-0.4, -0.2) is 60.1 Å². The van der Waals surface area contributed by atoms with Crippen LogP contribution >= 0.6 is 0 Å². The minimum atomic E-state index is 0.708. The van der Waals surface area contributed by atoms with E-state index in [2.05, 4.69) is 35.9 Å². The highest BCUT2D eigenvalue weighted by atomic mass is 15.3. The summed E-state index contributed by atoms with van der Waals surface area (Å²) < 4.78 is 0. The molecular weight excluding hydrogens is 258 g/mol. The standard InChI is InChI=1S/C18H35N3/c1-4-14(3)18-13-21(15(5-2)12-19-18)17-8-10-20-9-6-7-16(20)11-17/h14-19H,4-13H2,1-3H3. The lowest BCUT2D eigenvalue weighted by Gasteiger charge is -2.49. The molecule has 0 aromatic rings. The maximum Gasteiger partial charge on any atom is 0.0221 e. The van der Waals surface area contributed by atoms with E-state index in [1.165, 1.54) is 64.7 Å². The third kappa shape index (κ3) is 3.30. The highest BCUT2D eigenvalue weighted by molar-refractivity contribution is 4.96. The van der Waals surface area contributed by atoms with E-state index in [0.717, 1.165) is 24.0 Å². The molecule has 3 aliphatic heterocycles. The molecule has 0 aliphatic carbocycles. The molecule has 0 amide bonds. The molecule has 5 atom stereocenters. The van der Waals surface area contributed by atoms with Gasteiger partial charge in [-0.1, -0.05) is 27.2 Å². The summed E-state index contributed by atoms with van der Waals surface area (Å²) >= 11 is 0. The molecule has 5 unspecified atom stereocenters. The number of rotatable bonds is 4. The van der Waals surface area contributed by atoms with E-state index in [0.29, 0.717) is 6.04 Å². The van der Waals surface area contributed by atoms with Crippen LogP contribution in [0.1, 0.15) is 59.3 Å². The molecule has 0 aromatic heterocycles. The van der Waals surface area contributed by atoms with E-state index in [1.807, 2.05) is 0 Å². The van der Waals surface area contributed by atoms with Crippen molar-refractivity contribution in [3.63, 3.8) is 0 Å². The molecule has 3 saturated heterocycles.